The van der Waals surface area contributed by atoms with E-state index in [1.165, 1.54) is 6.92 Å². The van der Waals surface area contributed by atoms with E-state index in [-0.39, 0.29) is 6.61 Å². The minimum Gasteiger partial charge on any atom is -0.466 e. The van der Waals surface area contributed by atoms with Gasteiger partial charge in [-0.3, -0.25) is 4.79 Å². The van der Waals surface area contributed by atoms with Crippen LogP contribution in [0, 0.1) is 0 Å². The van der Waals surface area contributed by atoms with Crippen LogP contribution in [0.15, 0.2) is 0 Å². The van der Waals surface area contributed by atoms with E-state index in [0.29, 0.717) is 0 Å². The third kappa shape index (κ3) is 6.35. The molecule has 0 atom stereocenters. The van der Waals surface area contributed by atoms with Crippen molar-refractivity contribution in [3.8, 4) is 0 Å². The minimum absolute atomic E-state index is 0.0131. The molecule has 0 bridgehead atoms. The summed E-state index contributed by atoms with van der Waals surface area (Å²) in [6, 6.07) is 0. The van der Waals surface area contributed by atoms with Gasteiger partial charge in [0, 0.05) is 0 Å². The molecule has 0 unspecified atom stereocenters. The van der Waals surface area contributed by atoms with Crippen molar-refractivity contribution in [1.82, 2.24) is 0 Å². The van der Waals surface area contributed by atoms with Gasteiger partial charge in [-0.1, -0.05) is 0 Å². The molecule has 17 heavy (non-hydrogen) atoms. The first-order chi connectivity index (χ1) is 7.59. The van der Waals surface area contributed by atoms with Crippen LogP contribution in [0.4, 0.5) is 26.3 Å². The van der Waals surface area contributed by atoms with E-state index in [1.807, 2.05) is 0 Å². The monoisotopic (exact) mass is 268 g/mol. The van der Waals surface area contributed by atoms with Crippen LogP contribution in [0.25, 0.3) is 0 Å². The van der Waals surface area contributed by atoms with Crippen LogP contribution in [-0.4, -0.2) is 37.6 Å². The van der Waals surface area contributed by atoms with Crippen molar-refractivity contribution in [3.05, 3.63) is 0 Å². The van der Waals surface area contributed by atoms with E-state index in [9.17, 15) is 31.1 Å². The Kier molecular flexibility index (Phi) is 5.73. The summed E-state index contributed by atoms with van der Waals surface area (Å²) in [5.74, 6) is -0.921. The van der Waals surface area contributed by atoms with Gasteiger partial charge in [-0.25, -0.2) is 0 Å². The van der Waals surface area contributed by atoms with Crippen LogP contribution in [0.5, 0.6) is 0 Å². The lowest BCUT2D eigenvalue weighted by atomic mass is 10.3. The van der Waals surface area contributed by atoms with Gasteiger partial charge in [0.15, 0.2) is 0 Å². The molecule has 0 aliphatic heterocycles. The topological polar surface area (TPSA) is 35.5 Å². The van der Waals surface area contributed by atoms with Crippen molar-refractivity contribution >= 4 is 5.97 Å². The molecule has 9 heteroatoms. The fraction of sp³-hybridized carbons (Fsp3) is 0.875. The molecular formula is C8H10F6O3. The second kappa shape index (κ2) is 6.08. The maximum Gasteiger partial charge on any atom is 0.423 e. The normalized spacial score (nSPS) is 12.9. The van der Waals surface area contributed by atoms with Crippen molar-refractivity contribution in [2.75, 3.05) is 13.2 Å². The SMILES string of the molecule is CCOC(=O)CCOC(C(F)(F)F)C(F)(F)F. The first-order valence-corrected chi connectivity index (χ1v) is 4.49. The summed E-state index contributed by atoms with van der Waals surface area (Å²) >= 11 is 0. The first kappa shape index (κ1) is 16.0. The van der Waals surface area contributed by atoms with E-state index >= 15 is 0 Å². The molecule has 102 valence electrons. The summed E-state index contributed by atoms with van der Waals surface area (Å²) in [5.41, 5.74) is 0. The zero-order chi connectivity index (χ0) is 13.7. The number of ether oxygens (including phenoxy) is 2. The summed E-state index contributed by atoms with van der Waals surface area (Å²) in [5, 5.41) is 0. The predicted octanol–water partition coefficient (Wildman–Crippen LogP) is 2.45. The van der Waals surface area contributed by atoms with Gasteiger partial charge in [0.1, 0.15) is 0 Å². The number of hydrogen-bond acceptors (Lipinski definition) is 3. The lowest BCUT2D eigenvalue weighted by molar-refractivity contribution is -0.321. The summed E-state index contributed by atoms with van der Waals surface area (Å²) in [6.45, 7) is 0.427. The average Bonchev–Trinajstić information content (AvgIpc) is 2.08. The molecule has 0 aromatic heterocycles. The van der Waals surface area contributed by atoms with Crippen molar-refractivity contribution < 1.29 is 40.6 Å². The predicted molar refractivity (Wildman–Crippen MR) is 43.1 cm³/mol. The molecule has 0 amide bonds. The highest BCUT2D eigenvalue weighted by Gasteiger charge is 2.57. The molecular weight excluding hydrogens is 258 g/mol. The fourth-order valence-electron chi connectivity index (χ4n) is 0.868. The van der Waals surface area contributed by atoms with Gasteiger partial charge < -0.3 is 9.47 Å². The molecule has 0 saturated carbocycles. The van der Waals surface area contributed by atoms with E-state index in [1.54, 1.807) is 0 Å². The van der Waals surface area contributed by atoms with Crippen molar-refractivity contribution in [2.45, 2.75) is 31.8 Å². The van der Waals surface area contributed by atoms with Crippen LogP contribution in [-0.2, 0) is 14.3 Å². The quantitative estimate of drug-likeness (QED) is 0.567. The summed E-state index contributed by atoms with van der Waals surface area (Å²) in [4.78, 5) is 10.7. The van der Waals surface area contributed by atoms with Gasteiger partial charge in [-0.05, 0) is 6.92 Å². The lowest BCUT2D eigenvalue weighted by Crippen LogP contribution is -2.44. The number of carbonyl (C=O) groups is 1. The fourth-order valence-corrected chi connectivity index (χ4v) is 0.868. The van der Waals surface area contributed by atoms with Gasteiger partial charge in [-0.15, -0.1) is 0 Å². The summed E-state index contributed by atoms with van der Waals surface area (Å²) in [7, 11) is 0. The van der Waals surface area contributed by atoms with Crippen LogP contribution in [0.1, 0.15) is 13.3 Å². The second-order valence-corrected chi connectivity index (χ2v) is 2.89. The standard InChI is InChI=1S/C8H10F6O3/c1-2-16-5(15)3-4-17-6(7(9,10)11)8(12,13)14/h6H,2-4H2,1H3. The Bertz CT molecular complexity index is 233. The Labute approximate surface area is 92.7 Å². The minimum atomic E-state index is -5.56. The maximum atomic E-state index is 11.9. The molecule has 0 aromatic carbocycles. The molecule has 0 radical (unpaired) electrons. The molecule has 0 fully saturated rings. The Morgan fingerprint density at radius 3 is 1.94 bits per heavy atom. The van der Waals surface area contributed by atoms with Crippen molar-refractivity contribution in [3.63, 3.8) is 0 Å². The van der Waals surface area contributed by atoms with E-state index in [2.05, 4.69) is 9.47 Å². The molecule has 0 N–H and O–H groups in total. The molecule has 0 rings (SSSR count). The number of halogens is 6. The molecule has 3 nitrogen and oxygen atoms in total. The van der Waals surface area contributed by atoms with Crippen LogP contribution in [0.3, 0.4) is 0 Å². The van der Waals surface area contributed by atoms with Gasteiger partial charge in [0.25, 0.3) is 0 Å². The average molecular weight is 268 g/mol. The smallest absolute Gasteiger partial charge is 0.423 e. The second-order valence-electron chi connectivity index (χ2n) is 2.89. The Hall–Kier alpha value is -0.990. The Balaban J connectivity index is 4.26. The molecule has 0 heterocycles. The van der Waals surface area contributed by atoms with E-state index in [4.69, 9.17) is 0 Å². The number of hydrogen-bond donors (Lipinski definition) is 0. The van der Waals surface area contributed by atoms with Gasteiger partial charge >= 0.3 is 18.3 Å². The highest BCUT2D eigenvalue weighted by molar-refractivity contribution is 5.69. The van der Waals surface area contributed by atoms with Crippen LogP contribution >= 0.6 is 0 Å². The Morgan fingerprint density at radius 1 is 1.12 bits per heavy atom. The number of alkyl halides is 6. The van der Waals surface area contributed by atoms with Gasteiger partial charge in [0.05, 0.1) is 19.6 Å². The first-order valence-electron chi connectivity index (χ1n) is 4.49. The third-order valence-electron chi connectivity index (χ3n) is 1.49. The summed E-state index contributed by atoms with van der Waals surface area (Å²) < 4.78 is 79.5. The van der Waals surface area contributed by atoms with Crippen molar-refractivity contribution in [1.29, 1.82) is 0 Å². The van der Waals surface area contributed by atoms with E-state index in [0.717, 1.165) is 0 Å². The largest absolute Gasteiger partial charge is 0.466 e. The molecule has 0 aliphatic rings. The third-order valence-corrected chi connectivity index (χ3v) is 1.49. The number of rotatable bonds is 5. The van der Waals surface area contributed by atoms with Crippen molar-refractivity contribution in [2.24, 2.45) is 0 Å². The maximum absolute atomic E-state index is 11.9. The number of carbonyl (C=O) groups excluding carboxylic acids is 1. The van der Waals surface area contributed by atoms with Gasteiger partial charge in [0.2, 0.25) is 6.10 Å². The van der Waals surface area contributed by atoms with Crippen LogP contribution < -0.4 is 0 Å². The Morgan fingerprint density at radius 2 is 1.59 bits per heavy atom. The number of esters is 1. The molecule has 0 aliphatic carbocycles. The zero-order valence-electron chi connectivity index (χ0n) is 8.69. The molecule has 0 aromatic rings. The molecule has 0 saturated heterocycles. The zero-order valence-corrected chi connectivity index (χ0v) is 8.69. The van der Waals surface area contributed by atoms with Crippen LogP contribution in [0.2, 0.25) is 0 Å². The highest BCUT2D eigenvalue weighted by atomic mass is 19.4. The molecule has 0 spiro atoms. The highest BCUT2D eigenvalue weighted by Crippen LogP contribution is 2.35. The van der Waals surface area contributed by atoms with Gasteiger partial charge in [-0.2, -0.15) is 26.3 Å². The van der Waals surface area contributed by atoms with E-state index < -0.39 is 37.5 Å². The lowest BCUT2D eigenvalue weighted by Gasteiger charge is -2.22. The summed E-state index contributed by atoms with van der Waals surface area (Å²) in [6.07, 6.45) is -15.7.